The van der Waals surface area contributed by atoms with Gasteiger partial charge in [-0.2, -0.15) is 5.10 Å². The quantitative estimate of drug-likeness (QED) is 0.872. The molecular formula is C15H22N4O2. The molecule has 2 aliphatic rings. The average Bonchev–Trinajstić information content (AvgIpc) is 3.24. The van der Waals surface area contributed by atoms with Crippen molar-refractivity contribution >= 4 is 11.8 Å². The summed E-state index contributed by atoms with van der Waals surface area (Å²) in [5.74, 6) is 0.347. The molecule has 0 aromatic carbocycles. The Morgan fingerprint density at radius 1 is 1.24 bits per heavy atom. The molecule has 114 valence electrons. The minimum Gasteiger partial charge on any atom is -0.352 e. The van der Waals surface area contributed by atoms with E-state index in [4.69, 9.17) is 0 Å². The highest BCUT2D eigenvalue weighted by Crippen LogP contribution is 2.33. The first-order valence-corrected chi connectivity index (χ1v) is 7.81. The number of piperidine rings is 1. The van der Waals surface area contributed by atoms with Crippen molar-refractivity contribution < 1.29 is 9.59 Å². The number of hydrogen-bond donors (Lipinski definition) is 1. The van der Waals surface area contributed by atoms with E-state index >= 15 is 0 Å². The third-order valence-electron chi connectivity index (χ3n) is 4.21. The minimum atomic E-state index is -0.274. The van der Waals surface area contributed by atoms with Crippen LogP contribution in [0.15, 0.2) is 18.5 Å². The smallest absolute Gasteiger partial charge is 0.242 e. The number of carbonyl (C=O) groups excluding carboxylic acids is 2. The predicted molar refractivity (Wildman–Crippen MR) is 77.3 cm³/mol. The molecule has 3 rings (SSSR count). The van der Waals surface area contributed by atoms with Gasteiger partial charge in [0.25, 0.3) is 0 Å². The molecule has 0 bridgehead atoms. The second-order valence-electron chi connectivity index (χ2n) is 5.88. The summed E-state index contributed by atoms with van der Waals surface area (Å²) in [4.78, 5) is 26.4. The molecule has 1 saturated heterocycles. The van der Waals surface area contributed by atoms with Gasteiger partial charge in [0.1, 0.15) is 6.04 Å². The molecule has 1 saturated carbocycles. The Hall–Kier alpha value is -1.85. The standard InChI is InChI=1S/C15H22N4O2/c20-14(16-8-11-18-9-3-7-17-18)13-4-1-2-10-19(13)15(21)12-5-6-12/h3,7,9,12-13H,1-2,4-6,8,10-11H2,(H,16,20)/t13-/m1/s1. The first-order chi connectivity index (χ1) is 10.3. The number of aromatic nitrogens is 2. The SMILES string of the molecule is O=C(NCCn1cccn1)[C@H]1CCCCN1C(=O)C1CC1. The molecule has 0 radical (unpaired) electrons. The van der Waals surface area contributed by atoms with Gasteiger partial charge in [0.2, 0.25) is 11.8 Å². The molecule has 2 amide bonds. The van der Waals surface area contributed by atoms with Crippen LogP contribution in [0.2, 0.25) is 0 Å². The second kappa shape index (κ2) is 6.28. The number of nitrogens with one attached hydrogen (secondary N) is 1. The monoisotopic (exact) mass is 290 g/mol. The Labute approximate surface area is 124 Å². The van der Waals surface area contributed by atoms with Crippen molar-refractivity contribution in [1.82, 2.24) is 20.0 Å². The van der Waals surface area contributed by atoms with Crippen molar-refractivity contribution in [1.29, 1.82) is 0 Å². The second-order valence-corrected chi connectivity index (χ2v) is 5.88. The van der Waals surface area contributed by atoms with Crippen molar-refractivity contribution in [3.8, 4) is 0 Å². The van der Waals surface area contributed by atoms with E-state index in [1.54, 1.807) is 10.9 Å². The number of carbonyl (C=O) groups is 2. The number of likely N-dealkylation sites (tertiary alicyclic amines) is 1. The van der Waals surface area contributed by atoms with E-state index in [9.17, 15) is 9.59 Å². The van der Waals surface area contributed by atoms with E-state index in [2.05, 4.69) is 10.4 Å². The van der Waals surface area contributed by atoms with Crippen LogP contribution < -0.4 is 5.32 Å². The molecular weight excluding hydrogens is 268 g/mol. The number of rotatable bonds is 5. The number of nitrogens with zero attached hydrogens (tertiary/aromatic N) is 3. The van der Waals surface area contributed by atoms with Gasteiger partial charge in [0.15, 0.2) is 0 Å². The van der Waals surface area contributed by atoms with E-state index < -0.39 is 0 Å². The highest BCUT2D eigenvalue weighted by atomic mass is 16.2. The maximum Gasteiger partial charge on any atom is 0.242 e. The summed E-state index contributed by atoms with van der Waals surface area (Å²) in [6.07, 6.45) is 8.38. The minimum absolute atomic E-state index is 0.0177. The number of amides is 2. The molecule has 2 heterocycles. The molecule has 2 fully saturated rings. The average molecular weight is 290 g/mol. The Kier molecular flexibility index (Phi) is 4.22. The van der Waals surface area contributed by atoms with Crippen LogP contribution in [-0.4, -0.2) is 45.6 Å². The molecule has 0 unspecified atom stereocenters. The Bertz CT molecular complexity index is 496. The molecule has 1 aromatic heterocycles. The molecule has 1 aliphatic carbocycles. The lowest BCUT2D eigenvalue weighted by molar-refractivity contribution is -0.143. The zero-order chi connectivity index (χ0) is 14.7. The van der Waals surface area contributed by atoms with Gasteiger partial charge in [0, 0.05) is 31.4 Å². The third-order valence-corrected chi connectivity index (χ3v) is 4.21. The van der Waals surface area contributed by atoms with Gasteiger partial charge in [-0.05, 0) is 38.2 Å². The zero-order valence-electron chi connectivity index (χ0n) is 12.2. The van der Waals surface area contributed by atoms with Gasteiger partial charge < -0.3 is 10.2 Å². The van der Waals surface area contributed by atoms with Gasteiger partial charge in [0.05, 0.1) is 6.54 Å². The summed E-state index contributed by atoms with van der Waals surface area (Å²) < 4.78 is 1.79. The highest BCUT2D eigenvalue weighted by molar-refractivity contribution is 5.89. The van der Waals surface area contributed by atoms with Crippen molar-refractivity contribution in [2.75, 3.05) is 13.1 Å². The van der Waals surface area contributed by atoms with Crippen molar-refractivity contribution in [2.24, 2.45) is 5.92 Å². The lowest BCUT2D eigenvalue weighted by atomic mass is 10.0. The molecule has 0 spiro atoms. The summed E-state index contributed by atoms with van der Waals surface area (Å²) in [5.41, 5.74) is 0. The Balaban J connectivity index is 1.52. The first-order valence-electron chi connectivity index (χ1n) is 7.81. The Morgan fingerprint density at radius 3 is 2.81 bits per heavy atom. The fraction of sp³-hybridized carbons (Fsp3) is 0.667. The molecule has 6 nitrogen and oxygen atoms in total. The van der Waals surface area contributed by atoms with E-state index in [1.807, 2.05) is 17.2 Å². The van der Waals surface area contributed by atoms with Crippen LogP contribution in [0.1, 0.15) is 32.1 Å². The van der Waals surface area contributed by atoms with E-state index in [1.165, 1.54) is 0 Å². The van der Waals surface area contributed by atoms with E-state index in [0.717, 1.165) is 38.6 Å². The summed E-state index contributed by atoms with van der Waals surface area (Å²) in [7, 11) is 0. The predicted octanol–water partition coefficient (Wildman–Crippen LogP) is 0.790. The lowest BCUT2D eigenvalue weighted by Crippen LogP contribution is -2.52. The maximum absolute atomic E-state index is 12.3. The summed E-state index contributed by atoms with van der Waals surface area (Å²) >= 11 is 0. The van der Waals surface area contributed by atoms with Crippen LogP contribution in [0.5, 0.6) is 0 Å². The van der Waals surface area contributed by atoms with Gasteiger partial charge in [-0.15, -0.1) is 0 Å². The van der Waals surface area contributed by atoms with Gasteiger partial charge >= 0.3 is 0 Å². The largest absolute Gasteiger partial charge is 0.352 e. The van der Waals surface area contributed by atoms with Crippen molar-refractivity contribution in [2.45, 2.75) is 44.7 Å². The normalized spacial score (nSPS) is 22.1. The van der Waals surface area contributed by atoms with Crippen LogP contribution >= 0.6 is 0 Å². The van der Waals surface area contributed by atoms with Crippen LogP contribution in [-0.2, 0) is 16.1 Å². The van der Waals surface area contributed by atoms with Crippen LogP contribution in [0.4, 0.5) is 0 Å². The molecule has 1 aliphatic heterocycles. The highest BCUT2D eigenvalue weighted by Gasteiger charge is 2.39. The van der Waals surface area contributed by atoms with E-state index in [0.29, 0.717) is 13.1 Å². The van der Waals surface area contributed by atoms with Crippen LogP contribution in [0.3, 0.4) is 0 Å². The Morgan fingerprint density at radius 2 is 2.10 bits per heavy atom. The van der Waals surface area contributed by atoms with E-state index in [-0.39, 0.29) is 23.8 Å². The van der Waals surface area contributed by atoms with Gasteiger partial charge in [-0.25, -0.2) is 0 Å². The summed E-state index contributed by atoms with van der Waals surface area (Å²) in [6.45, 7) is 1.93. The first kappa shape index (κ1) is 14.1. The molecule has 21 heavy (non-hydrogen) atoms. The van der Waals surface area contributed by atoms with Crippen LogP contribution in [0.25, 0.3) is 0 Å². The zero-order valence-corrected chi connectivity index (χ0v) is 12.2. The fourth-order valence-electron chi connectivity index (χ4n) is 2.88. The van der Waals surface area contributed by atoms with Crippen LogP contribution in [0, 0.1) is 5.92 Å². The van der Waals surface area contributed by atoms with Gasteiger partial charge in [-0.1, -0.05) is 0 Å². The molecule has 1 aromatic rings. The summed E-state index contributed by atoms with van der Waals surface area (Å²) in [6, 6.07) is 1.59. The molecule has 6 heteroatoms. The third kappa shape index (κ3) is 3.43. The maximum atomic E-state index is 12.3. The topological polar surface area (TPSA) is 67.2 Å². The van der Waals surface area contributed by atoms with Gasteiger partial charge in [-0.3, -0.25) is 14.3 Å². The summed E-state index contributed by atoms with van der Waals surface area (Å²) in [5, 5.41) is 7.04. The van der Waals surface area contributed by atoms with Crippen molar-refractivity contribution in [3.05, 3.63) is 18.5 Å². The molecule has 1 N–H and O–H groups in total. The lowest BCUT2D eigenvalue weighted by Gasteiger charge is -2.34. The van der Waals surface area contributed by atoms with Crippen molar-refractivity contribution in [3.63, 3.8) is 0 Å². The molecule has 1 atom stereocenters. The fourth-order valence-corrected chi connectivity index (χ4v) is 2.88. The number of hydrogen-bond acceptors (Lipinski definition) is 3.